The number of hydrogen-bond acceptors (Lipinski definition) is 5. The first-order chi connectivity index (χ1) is 10.5. The normalized spacial score (nSPS) is 18.1. The number of fused-ring (bicyclic) bond motifs is 1. The number of nitrogen functional groups attached to an aromatic ring is 1. The van der Waals surface area contributed by atoms with Crippen molar-refractivity contribution < 1.29 is 8.42 Å². The highest BCUT2D eigenvalue weighted by Crippen LogP contribution is 2.22. The molecule has 1 aliphatic rings. The van der Waals surface area contributed by atoms with Crippen LogP contribution in [0.4, 0.5) is 5.82 Å². The van der Waals surface area contributed by atoms with Crippen molar-refractivity contribution in [3.05, 3.63) is 35.5 Å². The minimum absolute atomic E-state index is 0.0592. The molecule has 0 amide bonds. The van der Waals surface area contributed by atoms with Crippen LogP contribution in [0.5, 0.6) is 0 Å². The van der Waals surface area contributed by atoms with Crippen LogP contribution in [0.25, 0.3) is 0 Å². The maximum Gasteiger partial charge on any atom is 0.244 e. The molecule has 9 heteroatoms. The van der Waals surface area contributed by atoms with E-state index < -0.39 is 10.0 Å². The van der Waals surface area contributed by atoms with Gasteiger partial charge in [-0.05, 0) is 18.4 Å². The number of nitrogens with zero attached hydrogens (tertiary/aromatic N) is 3. The van der Waals surface area contributed by atoms with E-state index in [9.17, 15) is 8.42 Å². The molecule has 7 nitrogen and oxygen atoms in total. The molecule has 0 saturated heterocycles. The fourth-order valence-corrected chi connectivity index (χ4v) is 3.98. The van der Waals surface area contributed by atoms with Crippen LogP contribution in [-0.4, -0.2) is 29.5 Å². The lowest BCUT2D eigenvalue weighted by Gasteiger charge is -2.23. The molecule has 0 spiro atoms. The summed E-state index contributed by atoms with van der Waals surface area (Å²) in [6.07, 6.45) is 6.67. The Balaban J connectivity index is 1.69. The largest absolute Gasteiger partial charge is 0.383 e. The number of imidazole rings is 1. The minimum atomic E-state index is -3.73. The summed E-state index contributed by atoms with van der Waals surface area (Å²) in [5.41, 5.74) is 5.63. The molecule has 0 aromatic carbocycles. The van der Waals surface area contributed by atoms with Crippen molar-refractivity contribution in [2.45, 2.75) is 24.3 Å². The molecule has 1 unspecified atom stereocenters. The fourth-order valence-electron chi connectivity index (χ4n) is 2.54. The lowest BCUT2D eigenvalue weighted by molar-refractivity contribution is 0.379. The van der Waals surface area contributed by atoms with Crippen molar-refractivity contribution in [1.82, 2.24) is 19.3 Å². The van der Waals surface area contributed by atoms with Crippen molar-refractivity contribution in [3.8, 4) is 0 Å². The molecule has 1 aliphatic heterocycles. The van der Waals surface area contributed by atoms with Crippen molar-refractivity contribution in [1.29, 1.82) is 0 Å². The van der Waals surface area contributed by atoms with E-state index in [1.54, 1.807) is 6.20 Å². The second-order valence-electron chi connectivity index (χ2n) is 5.28. The van der Waals surface area contributed by atoms with E-state index in [2.05, 4.69) is 19.3 Å². The molecular weight excluding hydrogens is 326 g/mol. The first kappa shape index (κ1) is 15.3. The highest BCUT2D eigenvalue weighted by Gasteiger charge is 2.23. The van der Waals surface area contributed by atoms with Crippen LogP contribution in [0.1, 0.15) is 12.2 Å². The smallest absolute Gasteiger partial charge is 0.244 e. The van der Waals surface area contributed by atoms with Crippen molar-refractivity contribution in [3.63, 3.8) is 0 Å². The van der Waals surface area contributed by atoms with E-state index >= 15 is 0 Å². The van der Waals surface area contributed by atoms with Crippen LogP contribution in [0.2, 0.25) is 5.02 Å². The first-order valence-corrected chi connectivity index (χ1v) is 8.72. The van der Waals surface area contributed by atoms with Gasteiger partial charge in [0.05, 0.1) is 5.02 Å². The second-order valence-corrected chi connectivity index (χ2v) is 7.46. The molecule has 3 N–H and O–H groups in total. The van der Waals surface area contributed by atoms with E-state index in [1.807, 2.05) is 6.20 Å². The number of rotatable bonds is 4. The van der Waals surface area contributed by atoms with E-state index in [1.165, 1.54) is 12.3 Å². The molecular formula is C13H16ClN5O2S. The van der Waals surface area contributed by atoms with Crippen LogP contribution >= 0.6 is 11.6 Å². The number of nitrogens with one attached hydrogen (secondary N) is 1. The summed E-state index contributed by atoms with van der Waals surface area (Å²) in [7, 11) is -3.73. The van der Waals surface area contributed by atoms with Crippen LogP contribution < -0.4 is 10.5 Å². The lowest BCUT2D eigenvalue weighted by atomic mass is 9.98. The van der Waals surface area contributed by atoms with Gasteiger partial charge in [0.1, 0.15) is 16.5 Å². The Kier molecular flexibility index (Phi) is 4.07. The van der Waals surface area contributed by atoms with E-state index in [0.717, 1.165) is 25.2 Å². The summed E-state index contributed by atoms with van der Waals surface area (Å²) < 4.78 is 29.3. The van der Waals surface area contributed by atoms with Gasteiger partial charge in [0, 0.05) is 38.1 Å². The molecule has 0 fully saturated rings. The van der Waals surface area contributed by atoms with Gasteiger partial charge in [-0.3, -0.25) is 0 Å². The first-order valence-electron chi connectivity index (χ1n) is 6.86. The second kappa shape index (κ2) is 5.86. The number of aromatic nitrogens is 3. The fraction of sp³-hybridized carbons (Fsp3) is 0.385. The monoisotopic (exact) mass is 341 g/mol. The Morgan fingerprint density at radius 2 is 2.27 bits per heavy atom. The minimum Gasteiger partial charge on any atom is -0.383 e. The van der Waals surface area contributed by atoms with Crippen LogP contribution in [-0.2, 0) is 23.0 Å². The Labute approximate surface area is 133 Å². The third-order valence-electron chi connectivity index (χ3n) is 3.75. The van der Waals surface area contributed by atoms with E-state index in [4.69, 9.17) is 17.3 Å². The summed E-state index contributed by atoms with van der Waals surface area (Å²) in [5, 5.41) is 0.231. The summed E-state index contributed by atoms with van der Waals surface area (Å²) in [4.78, 5) is 7.96. The molecule has 1 atom stereocenters. The summed E-state index contributed by atoms with van der Waals surface area (Å²) in [6.45, 7) is 1.18. The number of anilines is 1. The van der Waals surface area contributed by atoms with Gasteiger partial charge in [0.25, 0.3) is 0 Å². The average molecular weight is 342 g/mol. The average Bonchev–Trinajstić information content (AvgIpc) is 2.95. The SMILES string of the molecule is Nc1ncc(Cl)cc1S(=O)(=O)NCC1CCn2ccnc2C1. The van der Waals surface area contributed by atoms with Gasteiger partial charge in [-0.15, -0.1) is 0 Å². The van der Waals surface area contributed by atoms with Crippen LogP contribution in [0.15, 0.2) is 29.6 Å². The molecule has 3 heterocycles. The van der Waals surface area contributed by atoms with Gasteiger partial charge in [-0.1, -0.05) is 11.6 Å². The molecule has 0 saturated carbocycles. The van der Waals surface area contributed by atoms with Crippen molar-refractivity contribution in [2.75, 3.05) is 12.3 Å². The Bertz CT molecular complexity index is 789. The third kappa shape index (κ3) is 3.08. The van der Waals surface area contributed by atoms with E-state index in [0.29, 0.717) is 6.54 Å². The molecule has 2 aromatic rings. The number of aryl methyl sites for hydroxylation is 1. The molecule has 0 aliphatic carbocycles. The topological polar surface area (TPSA) is 103 Å². The number of hydrogen-bond donors (Lipinski definition) is 2. The zero-order chi connectivity index (χ0) is 15.7. The van der Waals surface area contributed by atoms with Gasteiger partial charge >= 0.3 is 0 Å². The van der Waals surface area contributed by atoms with Crippen LogP contribution in [0.3, 0.4) is 0 Å². The Morgan fingerprint density at radius 1 is 1.45 bits per heavy atom. The summed E-state index contributed by atoms with van der Waals surface area (Å²) in [6, 6.07) is 1.31. The molecule has 0 bridgehead atoms. The predicted molar refractivity (Wildman–Crippen MR) is 82.9 cm³/mol. The third-order valence-corrected chi connectivity index (χ3v) is 5.41. The molecule has 3 rings (SSSR count). The van der Waals surface area contributed by atoms with Gasteiger partial charge in [-0.25, -0.2) is 23.1 Å². The highest BCUT2D eigenvalue weighted by molar-refractivity contribution is 7.89. The number of sulfonamides is 1. The van der Waals surface area contributed by atoms with Gasteiger partial charge in [-0.2, -0.15) is 0 Å². The van der Waals surface area contributed by atoms with Crippen molar-refractivity contribution >= 4 is 27.4 Å². The summed E-state index contributed by atoms with van der Waals surface area (Å²) in [5.74, 6) is 1.13. The highest BCUT2D eigenvalue weighted by atomic mass is 35.5. The zero-order valence-corrected chi connectivity index (χ0v) is 13.3. The number of pyridine rings is 1. The van der Waals surface area contributed by atoms with Gasteiger partial charge < -0.3 is 10.3 Å². The van der Waals surface area contributed by atoms with Gasteiger partial charge in [0.15, 0.2) is 0 Å². The zero-order valence-electron chi connectivity index (χ0n) is 11.7. The number of nitrogens with two attached hydrogens (primary N) is 1. The molecule has 2 aromatic heterocycles. The quantitative estimate of drug-likeness (QED) is 0.865. The maximum atomic E-state index is 12.3. The Hall–Kier alpha value is -1.64. The van der Waals surface area contributed by atoms with Crippen LogP contribution in [0, 0.1) is 5.92 Å². The van der Waals surface area contributed by atoms with Gasteiger partial charge in [0.2, 0.25) is 10.0 Å². The molecule has 0 radical (unpaired) electrons. The van der Waals surface area contributed by atoms with Crippen molar-refractivity contribution in [2.24, 2.45) is 5.92 Å². The molecule has 118 valence electrons. The standard InChI is InChI=1S/C13H16ClN5O2S/c14-10-6-11(13(15)17-8-10)22(20,21)18-7-9-1-3-19-4-2-16-12(19)5-9/h2,4,6,8-9,18H,1,3,5,7H2,(H2,15,17). The maximum absolute atomic E-state index is 12.3. The lowest BCUT2D eigenvalue weighted by Crippen LogP contribution is -2.33. The van der Waals surface area contributed by atoms with E-state index in [-0.39, 0.29) is 21.7 Å². The summed E-state index contributed by atoms with van der Waals surface area (Å²) >= 11 is 5.79. The Morgan fingerprint density at radius 3 is 3.09 bits per heavy atom. The molecule has 22 heavy (non-hydrogen) atoms. The predicted octanol–water partition coefficient (Wildman–Crippen LogP) is 1.05. The number of halogens is 1.